The van der Waals surface area contributed by atoms with Crippen LogP contribution < -0.4 is 9.67 Å². The van der Waals surface area contributed by atoms with Gasteiger partial charge in [-0.2, -0.15) is 0 Å². The molecule has 0 aromatic carbocycles. The van der Waals surface area contributed by atoms with Crippen LogP contribution in [0.1, 0.15) is 32.6 Å². The number of carbonyl (C=O) groups is 2. The Hall–Kier alpha value is -1.86. The van der Waals surface area contributed by atoms with Crippen LogP contribution in [0.4, 0.5) is 0 Å². The number of aliphatic hydroxyl groups excluding tert-OH is 1. The van der Waals surface area contributed by atoms with Crippen molar-refractivity contribution in [1.29, 1.82) is 0 Å². The number of thioether (sulfide) groups is 1. The smallest absolute Gasteiger partial charge is 0.236 e. The molecule has 3 heterocycles. The Morgan fingerprint density at radius 2 is 2.04 bits per heavy atom. The van der Waals surface area contributed by atoms with Gasteiger partial charge in [0.15, 0.2) is 18.9 Å². The monoisotopic (exact) mass is 374 g/mol. The number of nitrogens with zero attached hydrogens (tertiary/aromatic N) is 2. The molecule has 1 amide bonds. The van der Waals surface area contributed by atoms with Crippen LogP contribution in [0.15, 0.2) is 41.2 Å². The average molecular weight is 374 g/mol. The lowest BCUT2D eigenvalue weighted by molar-refractivity contribution is -0.708. The van der Waals surface area contributed by atoms with Gasteiger partial charge in [-0.05, 0) is 19.8 Å². The number of pyridine rings is 1. The minimum atomic E-state index is -1.29. The Morgan fingerprint density at radius 1 is 1.38 bits per heavy atom. The third-order valence-electron chi connectivity index (χ3n) is 5.80. The van der Waals surface area contributed by atoms with Gasteiger partial charge in [0.2, 0.25) is 5.91 Å². The maximum Gasteiger partial charge on any atom is 0.236 e. The van der Waals surface area contributed by atoms with Gasteiger partial charge in [0, 0.05) is 17.0 Å². The summed E-state index contributed by atoms with van der Waals surface area (Å²) in [5, 5.41) is 21.5. The third kappa shape index (κ3) is 2.56. The second-order valence-electron chi connectivity index (χ2n) is 7.48. The number of carbonyl (C=O) groups excluding carboxylic acids is 2. The zero-order valence-corrected chi connectivity index (χ0v) is 15.4. The molecule has 3 atom stereocenters. The number of aliphatic hydroxyl groups is 1. The van der Waals surface area contributed by atoms with Crippen LogP contribution in [0.3, 0.4) is 0 Å². The molecule has 1 N–H and O–H groups in total. The normalized spacial score (nSPS) is 28.1. The summed E-state index contributed by atoms with van der Waals surface area (Å²) in [5.41, 5.74) is -0.271. The molecule has 6 nitrogen and oxygen atoms in total. The number of hydrogen-bond donors (Lipinski definition) is 1. The first kappa shape index (κ1) is 17.5. The first-order chi connectivity index (χ1) is 12.4. The van der Waals surface area contributed by atoms with E-state index in [2.05, 4.69) is 4.57 Å². The van der Waals surface area contributed by atoms with Crippen LogP contribution in [-0.2, 0) is 16.1 Å². The highest BCUT2D eigenvalue weighted by Crippen LogP contribution is 2.59. The van der Waals surface area contributed by atoms with Crippen molar-refractivity contribution >= 4 is 23.6 Å². The Kier molecular flexibility index (Phi) is 4.31. The standard InChI is InChI=1S/C19H22N2O4S/c1-12(22)13-16(23)21-14(18(24)25)15(26-17(13)21)19(7-3-4-8-19)11-20-9-5-2-6-10-20/h2,5-6,9-10,12-13,17,22H,3-4,7-8,11H2,1H3/t12-,13+,17-/m1/s1. The van der Waals surface area contributed by atoms with Crippen LogP contribution in [0, 0.1) is 11.3 Å². The van der Waals surface area contributed by atoms with Gasteiger partial charge in [0.05, 0.1) is 29.1 Å². The molecule has 138 valence electrons. The molecule has 7 heteroatoms. The number of aromatic nitrogens is 1. The zero-order chi connectivity index (χ0) is 18.5. The molecule has 0 radical (unpaired) electrons. The molecule has 2 aliphatic heterocycles. The first-order valence-corrected chi connectivity index (χ1v) is 9.90. The van der Waals surface area contributed by atoms with Crippen molar-refractivity contribution in [2.45, 2.75) is 50.6 Å². The second kappa shape index (κ2) is 6.39. The maximum absolute atomic E-state index is 12.4. The van der Waals surface area contributed by atoms with Gasteiger partial charge in [0.1, 0.15) is 5.37 Å². The number of rotatable bonds is 5. The summed E-state index contributed by atoms with van der Waals surface area (Å²) in [6.07, 6.45) is 7.04. The van der Waals surface area contributed by atoms with Gasteiger partial charge in [-0.3, -0.25) is 9.69 Å². The number of amides is 1. The molecule has 0 unspecified atom stereocenters. The highest BCUT2D eigenvalue weighted by Gasteiger charge is 2.59. The fraction of sp³-hybridized carbons (Fsp3) is 0.526. The molecule has 0 bridgehead atoms. The predicted octanol–water partition coefficient (Wildman–Crippen LogP) is 0.408. The second-order valence-corrected chi connectivity index (χ2v) is 8.61. The van der Waals surface area contributed by atoms with E-state index >= 15 is 0 Å². The van der Waals surface area contributed by atoms with E-state index in [4.69, 9.17) is 0 Å². The fourth-order valence-electron chi connectivity index (χ4n) is 4.55. The molecule has 1 saturated carbocycles. The van der Waals surface area contributed by atoms with Crippen LogP contribution >= 0.6 is 11.8 Å². The minimum absolute atomic E-state index is 0.0281. The summed E-state index contributed by atoms with van der Waals surface area (Å²) in [4.78, 5) is 26.5. The van der Waals surface area contributed by atoms with Gasteiger partial charge in [-0.25, -0.2) is 4.57 Å². The van der Waals surface area contributed by atoms with E-state index in [0.29, 0.717) is 6.54 Å². The number of fused-ring (bicyclic) bond motifs is 1. The zero-order valence-electron chi connectivity index (χ0n) is 14.6. The first-order valence-electron chi connectivity index (χ1n) is 9.03. The van der Waals surface area contributed by atoms with Crippen molar-refractivity contribution in [3.05, 3.63) is 41.2 Å². The van der Waals surface area contributed by atoms with Crippen molar-refractivity contribution in [2.75, 3.05) is 0 Å². The van der Waals surface area contributed by atoms with E-state index in [9.17, 15) is 19.8 Å². The molecule has 0 spiro atoms. The number of aliphatic carboxylic acids is 1. The van der Waals surface area contributed by atoms with E-state index < -0.39 is 18.0 Å². The lowest BCUT2D eigenvalue weighted by atomic mass is 9.83. The Morgan fingerprint density at radius 3 is 2.62 bits per heavy atom. The maximum atomic E-state index is 12.4. The van der Waals surface area contributed by atoms with Crippen molar-refractivity contribution in [3.8, 4) is 0 Å². The molecule has 1 aliphatic carbocycles. The van der Waals surface area contributed by atoms with Crippen LogP contribution in [-0.4, -0.2) is 33.4 Å². The molecule has 1 aromatic heterocycles. The topological polar surface area (TPSA) is 84.5 Å². The number of β-lactam (4-membered cyclic amide) rings is 1. The highest BCUT2D eigenvalue weighted by molar-refractivity contribution is 8.04. The lowest BCUT2D eigenvalue weighted by Gasteiger charge is -2.44. The predicted molar refractivity (Wildman–Crippen MR) is 93.0 cm³/mol. The molecule has 1 saturated heterocycles. The molecular weight excluding hydrogens is 352 g/mol. The van der Waals surface area contributed by atoms with Gasteiger partial charge >= 0.3 is 0 Å². The molecular formula is C19H22N2O4S. The van der Waals surface area contributed by atoms with Gasteiger partial charge in [-0.15, -0.1) is 11.8 Å². The summed E-state index contributed by atoms with van der Waals surface area (Å²) in [7, 11) is 0. The minimum Gasteiger partial charge on any atom is -0.543 e. The van der Waals surface area contributed by atoms with Crippen LogP contribution in [0.5, 0.6) is 0 Å². The Bertz CT molecular complexity index is 771. The SMILES string of the molecule is C[C@@H](O)[C@H]1C(=O)N2C(C(=O)[O-])=C(C3(C[n+]4ccccc4)CCCC3)S[C@H]12. The highest BCUT2D eigenvalue weighted by atomic mass is 32.2. The number of carboxylic acids is 1. The van der Waals surface area contributed by atoms with E-state index in [1.165, 1.54) is 16.7 Å². The molecule has 2 fully saturated rings. The largest absolute Gasteiger partial charge is 0.543 e. The quantitative estimate of drug-likeness (QED) is 0.596. The summed E-state index contributed by atoms with van der Waals surface area (Å²) in [6, 6.07) is 5.86. The van der Waals surface area contributed by atoms with E-state index in [-0.39, 0.29) is 22.4 Å². The number of allylic oxidation sites excluding steroid dienone is 1. The third-order valence-corrected chi connectivity index (χ3v) is 7.40. The van der Waals surface area contributed by atoms with Crippen LogP contribution in [0.2, 0.25) is 0 Å². The van der Waals surface area contributed by atoms with E-state index in [1.807, 2.05) is 30.6 Å². The number of carboxylic acid groups (broad SMARTS) is 1. The summed E-state index contributed by atoms with van der Waals surface area (Å²) < 4.78 is 2.08. The van der Waals surface area contributed by atoms with Crippen molar-refractivity contribution in [1.82, 2.24) is 4.90 Å². The molecule has 4 rings (SSSR count). The average Bonchev–Trinajstić information content (AvgIpc) is 3.19. The van der Waals surface area contributed by atoms with Gasteiger partial charge in [0.25, 0.3) is 0 Å². The fourth-order valence-corrected chi connectivity index (χ4v) is 6.40. The summed E-state index contributed by atoms with van der Waals surface area (Å²) in [5.74, 6) is -2.15. The lowest BCUT2D eigenvalue weighted by Crippen LogP contribution is -2.61. The summed E-state index contributed by atoms with van der Waals surface area (Å²) in [6.45, 7) is 2.27. The van der Waals surface area contributed by atoms with E-state index in [0.717, 1.165) is 30.6 Å². The Labute approximate surface area is 156 Å². The Balaban J connectivity index is 1.74. The van der Waals surface area contributed by atoms with Crippen molar-refractivity contribution in [3.63, 3.8) is 0 Å². The number of hydrogen-bond acceptors (Lipinski definition) is 5. The molecule has 1 aromatic rings. The van der Waals surface area contributed by atoms with E-state index in [1.54, 1.807) is 6.92 Å². The molecule has 26 heavy (non-hydrogen) atoms. The van der Waals surface area contributed by atoms with Crippen molar-refractivity contribution < 1.29 is 24.4 Å². The van der Waals surface area contributed by atoms with Gasteiger partial charge < -0.3 is 15.0 Å². The van der Waals surface area contributed by atoms with Gasteiger partial charge in [-0.1, -0.05) is 18.9 Å². The summed E-state index contributed by atoms with van der Waals surface area (Å²) >= 11 is 1.44. The van der Waals surface area contributed by atoms with Crippen LogP contribution in [0.25, 0.3) is 0 Å². The molecule has 3 aliphatic rings. The van der Waals surface area contributed by atoms with Crippen molar-refractivity contribution in [2.24, 2.45) is 11.3 Å².